The van der Waals surface area contributed by atoms with E-state index in [0.29, 0.717) is 13.0 Å². The van der Waals surface area contributed by atoms with Crippen LogP contribution in [0, 0.1) is 0 Å². The van der Waals surface area contributed by atoms with E-state index in [2.05, 4.69) is 31.0 Å². The van der Waals surface area contributed by atoms with Crippen molar-refractivity contribution in [3.05, 3.63) is 0 Å². The number of thioether (sulfide) groups is 1. The van der Waals surface area contributed by atoms with Gasteiger partial charge >= 0.3 is 0 Å². The van der Waals surface area contributed by atoms with Gasteiger partial charge in [0.25, 0.3) is 0 Å². The molecule has 1 atom stereocenters. The summed E-state index contributed by atoms with van der Waals surface area (Å²) in [5, 5.41) is 13.0. The molecule has 0 radical (unpaired) electrons. The fraction of sp³-hybridized carbons (Fsp3) is 0.957. The summed E-state index contributed by atoms with van der Waals surface area (Å²) in [5.41, 5.74) is 0. The van der Waals surface area contributed by atoms with Crippen LogP contribution in [0.5, 0.6) is 0 Å². The molecule has 0 saturated carbocycles. The van der Waals surface area contributed by atoms with Gasteiger partial charge in [-0.05, 0) is 19.5 Å². The van der Waals surface area contributed by atoms with Crippen LogP contribution in [0.1, 0.15) is 97.8 Å². The standard InChI is InChI=1S/C23H48N2O2S.ClH/c1-4-7-8-9-10-11-12-13-14-15-16-17-23(27)24-18-19-28-21-22(26)20-25(5-2)6-3;/h22,26H,4-21H2,1-3H3,(H,24,27);1H. The molecule has 0 spiro atoms. The molecule has 0 aliphatic rings. The molecular weight excluding hydrogens is 404 g/mol. The van der Waals surface area contributed by atoms with Crippen molar-refractivity contribution in [2.75, 3.05) is 37.7 Å². The first-order valence-electron chi connectivity index (χ1n) is 11.9. The predicted molar refractivity (Wildman–Crippen MR) is 132 cm³/mol. The highest BCUT2D eigenvalue weighted by atomic mass is 35.5. The van der Waals surface area contributed by atoms with Crippen molar-refractivity contribution in [2.45, 2.75) is 104 Å². The summed E-state index contributed by atoms with van der Waals surface area (Å²) in [4.78, 5) is 14.1. The van der Waals surface area contributed by atoms with Crippen molar-refractivity contribution < 1.29 is 9.90 Å². The van der Waals surface area contributed by atoms with Gasteiger partial charge in [0.05, 0.1) is 6.10 Å². The van der Waals surface area contributed by atoms with Gasteiger partial charge in [-0.3, -0.25) is 4.79 Å². The monoisotopic (exact) mass is 452 g/mol. The average molecular weight is 453 g/mol. The first-order valence-corrected chi connectivity index (χ1v) is 13.0. The normalized spacial score (nSPS) is 12.0. The van der Waals surface area contributed by atoms with Gasteiger partial charge in [0, 0.05) is 31.0 Å². The Bertz CT molecular complexity index is 345. The lowest BCUT2D eigenvalue weighted by Crippen LogP contribution is -2.33. The number of rotatable bonds is 21. The van der Waals surface area contributed by atoms with E-state index in [9.17, 15) is 9.90 Å². The fourth-order valence-electron chi connectivity index (χ4n) is 3.35. The largest absolute Gasteiger partial charge is 0.391 e. The van der Waals surface area contributed by atoms with Crippen LogP contribution in [0.2, 0.25) is 0 Å². The molecule has 29 heavy (non-hydrogen) atoms. The van der Waals surface area contributed by atoms with Crippen LogP contribution in [0.25, 0.3) is 0 Å². The van der Waals surface area contributed by atoms with Gasteiger partial charge in [0.15, 0.2) is 0 Å². The zero-order chi connectivity index (χ0) is 20.9. The zero-order valence-corrected chi connectivity index (χ0v) is 21.1. The van der Waals surface area contributed by atoms with Gasteiger partial charge in [-0.25, -0.2) is 0 Å². The summed E-state index contributed by atoms with van der Waals surface area (Å²) in [7, 11) is 0. The molecule has 0 heterocycles. The van der Waals surface area contributed by atoms with E-state index in [0.717, 1.165) is 37.6 Å². The molecule has 0 aromatic carbocycles. The summed E-state index contributed by atoms with van der Waals surface area (Å²) in [6.07, 6.45) is 14.8. The van der Waals surface area contributed by atoms with Crippen LogP contribution in [0.4, 0.5) is 0 Å². The number of unbranched alkanes of at least 4 members (excludes halogenated alkanes) is 10. The van der Waals surface area contributed by atoms with Gasteiger partial charge in [-0.15, -0.1) is 12.4 Å². The summed E-state index contributed by atoms with van der Waals surface area (Å²) in [6, 6.07) is 0. The van der Waals surface area contributed by atoms with Gasteiger partial charge in [-0.1, -0.05) is 85.0 Å². The Morgan fingerprint density at radius 3 is 1.93 bits per heavy atom. The topological polar surface area (TPSA) is 52.6 Å². The minimum atomic E-state index is -0.281. The quantitative estimate of drug-likeness (QED) is 0.220. The molecule has 0 rings (SSSR count). The van der Waals surface area contributed by atoms with Crippen LogP contribution in [-0.4, -0.2) is 59.7 Å². The number of aliphatic hydroxyl groups excluding tert-OH is 1. The number of amides is 1. The first kappa shape index (κ1) is 31.2. The molecule has 0 aliphatic carbocycles. The highest BCUT2D eigenvalue weighted by Gasteiger charge is 2.09. The Kier molecular flexibility index (Phi) is 26.2. The summed E-state index contributed by atoms with van der Waals surface area (Å²) < 4.78 is 0. The second-order valence-electron chi connectivity index (χ2n) is 7.85. The Hall–Kier alpha value is 0.0300. The van der Waals surface area contributed by atoms with E-state index in [1.54, 1.807) is 11.8 Å². The average Bonchev–Trinajstić information content (AvgIpc) is 2.69. The van der Waals surface area contributed by atoms with E-state index in [-0.39, 0.29) is 24.4 Å². The highest BCUT2D eigenvalue weighted by molar-refractivity contribution is 7.99. The smallest absolute Gasteiger partial charge is 0.220 e. The number of nitrogens with zero attached hydrogens (tertiary/aromatic N) is 1. The number of halogens is 1. The van der Waals surface area contributed by atoms with Gasteiger partial charge < -0.3 is 15.3 Å². The SMILES string of the molecule is CCCCCCCCCCCCCC(=O)NCCSCC(O)CN(CC)CC.Cl. The number of hydrogen-bond acceptors (Lipinski definition) is 4. The number of likely N-dealkylation sites (N-methyl/N-ethyl adjacent to an activating group) is 1. The molecule has 6 heteroatoms. The predicted octanol–water partition coefficient (Wildman–Crippen LogP) is 5.66. The van der Waals surface area contributed by atoms with E-state index >= 15 is 0 Å². The molecule has 1 unspecified atom stereocenters. The number of aliphatic hydroxyl groups is 1. The minimum absolute atomic E-state index is 0. The van der Waals surface area contributed by atoms with Crippen molar-refractivity contribution in [3.63, 3.8) is 0 Å². The van der Waals surface area contributed by atoms with Crippen LogP contribution >= 0.6 is 24.2 Å². The second kappa shape index (κ2) is 24.3. The zero-order valence-electron chi connectivity index (χ0n) is 19.4. The maximum atomic E-state index is 11.8. The maximum Gasteiger partial charge on any atom is 0.220 e. The molecule has 0 bridgehead atoms. The maximum absolute atomic E-state index is 11.8. The molecule has 1 amide bonds. The van der Waals surface area contributed by atoms with E-state index in [1.165, 1.54) is 64.2 Å². The second-order valence-corrected chi connectivity index (χ2v) is 9.00. The third-order valence-electron chi connectivity index (χ3n) is 5.25. The number of carbonyl (C=O) groups is 1. The van der Waals surface area contributed by atoms with Crippen molar-refractivity contribution in [3.8, 4) is 0 Å². The van der Waals surface area contributed by atoms with Crippen molar-refractivity contribution in [1.29, 1.82) is 0 Å². The molecular formula is C23H49ClN2O2S. The Morgan fingerprint density at radius 1 is 0.897 bits per heavy atom. The summed E-state index contributed by atoms with van der Waals surface area (Å²) >= 11 is 1.72. The minimum Gasteiger partial charge on any atom is -0.391 e. The van der Waals surface area contributed by atoms with E-state index in [4.69, 9.17) is 0 Å². The lowest BCUT2D eigenvalue weighted by Gasteiger charge is -2.21. The Balaban J connectivity index is 0. The third-order valence-corrected chi connectivity index (χ3v) is 6.36. The molecule has 0 aromatic heterocycles. The molecule has 0 fully saturated rings. The number of nitrogens with one attached hydrogen (secondary N) is 1. The number of carbonyl (C=O) groups excluding carboxylic acids is 1. The molecule has 0 aromatic rings. The van der Waals surface area contributed by atoms with E-state index in [1.807, 2.05) is 0 Å². The van der Waals surface area contributed by atoms with Crippen molar-refractivity contribution in [2.24, 2.45) is 0 Å². The molecule has 176 valence electrons. The van der Waals surface area contributed by atoms with Crippen LogP contribution in [0.3, 0.4) is 0 Å². The first-order chi connectivity index (χ1) is 13.6. The molecule has 2 N–H and O–H groups in total. The van der Waals surface area contributed by atoms with Crippen LogP contribution in [0.15, 0.2) is 0 Å². The van der Waals surface area contributed by atoms with Gasteiger partial charge in [-0.2, -0.15) is 11.8 Å². The van der Waals surface area contributed by atoms with E-state index < -0.39 is 0 Å². The van der Waals surface area contributed by atoms with Crippen LogP contribution in [-0.2, 0) is 4.79 Å². The lowest BCUT2D eigenvalue weighted by atomic mass is 10.1. The molecule has 0 aliphatic heterocycles. The molecule has 4 nitrogen and oxygen atoms in total. The van der Waals surface area contributed by atoms with Crippen molar-refractivity contribution >= 4 is 30.1 Å². The van der Waals surface area contributed by atoms with Crippen molar-refractivity contribution in [1.82, 2.24) is 10.2 Å². The fourth-order valence-corrected chi connectivity index (χ4v) is 4.14. The van der Waals surface area contributed by atoms with Crippen LogP contribution < -0.4 is 5.32 Å². The Morgan fingerprint density at radius 2 is 1.41 bits per heavy atom. The van der Waals surface area contributed by atoms with Gasteiger partial charge in [0.2, 0.25) is 5.91 Å². The molecule has 0 saturated heterocycles. The summed E-state index contributed by atoms with van der Waals surface area (Å²) in [5.74, 6) is 1.80. The lowest BCUT2D eigenvalue weighted by molar-refractivity contribution is -0.121. The third kappa shape index (κ3) is 22.5. The number of hydrogen-bond donors (Lipinski definition) is 2. The van der Waals surface area contributed by atoms with Gasteiger partial charge in [0.1, 0.15) is 0 Å². The Labute approximate surface area is 191 Å². The summed E-state index contributed by atoms with van der Waals surface area (Å²) in [6.45, 7) is 9.91. The highest BCUT2D eigenvalue weighted by Crippen LogP contribution is 2.12.